The zero-order chi connectivity index (χ0) is 12.3. The van der Waals surface area contributed by atoms with Crippen molar-refractivity contribution in [1.29, 1.82) is 0 Å². The summed E-state index contributed by atoms with van der Waals surface area (Å²) < 4.78 is 0. The van der Waals surface area contributed by atoms with Crippen LogP contribution in [0, 0.1) is 0 Å². The lowest BCUT2D eigenvalue weighted by molar-refractivity contribution is 1.28. The molecule has 2 rings (SSSR count). The van der Waals surface area contributed by atoms with Crippen LogP contribution in [-0.2, 0) is 6.42 Å². The van der Waals surface area contributed by atoms with Crippen molar-refractivity contribution < 1.29 is 0 Å². The fraction of sp³-hybridized carbons (Fsp3) is 0.0667. The van der Waals surface area contributed by atoms with Gasteiger partial charge in [-0.15, -0.1) is 6.58 Å². The van der Waals surface area contributed by atoms with Gasteiger partial charge in [0.25, 0.3) is 0 Å². The predicted molar refractivity (Wildman–Crippen MR) is 74.6 cm³/mol. The molecule has 86 valence electrons. The Labute approximate surface area is 102 Å². The molecule has 0 aromatic heterocycles. The normalized spacial score (nSPS) is 10.1. The molecule has 0 aliphatic carbocycles. The minimum atomic E-state index is 0.649. The lowest BCUT2D eigenvalue weighted by Gasteiger charge is -2.12. The molecule has 0 saturated carbocycles. The van der Waals surface area contributed by atoms with Crippen molar-refractivity contribution in [3.8, 4) is 11.1 Å². The average Bonchev–Trinajstić information content (AvgIpc) is 2.36. The summed E-state index contributed by atoms with van der Waals surface area (Å²) in [7, 11) is 0. The highest BCUT2D eigenvalue weighted by Crippen LogP contribution is 2.32. The maximum atomic E-state index is 6.09. The first-order valence-electron chi connectivity index (χ1n) is 5.57. The van der Waals surface area contributed by atoms with Crippen LogP contribution in [0.3, 0.4) is 0 Å². The summed E-state index contributed by atoms with van der Waals surface area (Å²) in [6.45, 7) is 3.71. The predicted octanol–water partition coefficient (Wildman–Crippen LogP) is 3.25. The maximum absolute atomic E-state index is 6.09. The molecular weight excluding hydrogens is 208 g/mol. The smallest absolute Gasteiger partial charge is 0.0630 e. The molecule has 2 nitrogen and oxygen atoms in total. The summed E-state index contributed by atoms with van der Waals surface area (Å²) >= 11 is 0. The van der Waals surface area contributed by atoms with Crippen LogP contribution in [0.5, 0.6) is 0 Å². The van der Waals surface area contributed by atoms with E-state index in [1.165, 1.54) is 0 Å². The summed E-state index contributed by atoms with van der Waals surface area (Å²) in [5.74, 6) is 0. The second kappa shape index (κ2) is 4.74. The van der Waals surface area contributed by atoms with Crippen LogP contribution in [0.25, 0.3) is 11.1 Å². The number of allylic oxidation sites excluding steroid dienone is 1. The largest absolute Gasteiger partial charge is 0.397 e. The molecule has 2 aromatic rings. The van der Waals surface area contributed by atoms with E-state index in [0.29, 0.717) is 11.4 Å². The molecule has 0 fully saturated rings. The van der Waals surface area contributed by atoms with Crippen LogP contribution in [0.4, 0.5) is 11.4 Å². The van der Waals surface area contributed by atoms with E-state index in [1.54, 1.807) is 0 Å². The Kier molecular flexibility index (Phi) is 3.15. The van der Waals surface area contributed by atoms with E-state index in [1.807, 2.05) is 48.5 Å². The molecule has 4 N–H and O–H groups in total. The second-order valence-corrected chi connectivity index (χ2v) is 3.96. The summed E-state index contributed by atoms with van der Waals surface area (Å²) in [5.41, 5.74) is 16.5. The van der Waals surface area contributed by atoms with Crippen molar-refractivity contribution in [2.75, 3.05) is 11.5 Å². The summed E-state index contributed by atoms with van der Waals surface area (Å²) in [6, 6.07) is 14.0. The SMILES string of the molecule is C=CCc1ccc(-c2ccccc2)c(N)c1N. The standard InChI is InChI=1S/C15H16N2/c1-2-6-12-9-10-13(15(17)14(12)16)11-7-4-3-5-8-11/h2-5,7-10H,1,6,16-17H2. The highest BCUT2D eigenvalue weighted by molar-refractivity contribution is 5.86. The average molecular weight is 224 g/mol. The molecule has 0 amide bonds. The molecule has 0 saturated heterocycles. The molecule has 0 unspecified atom stereocenters. The van der Waals surface area contributed by atoms with Crippen LogP contribution < -0.4 is 11.5 Å². The van der Waals surface area contributed by atoms with Gasteiger partial charge in [0.15, 0.2) is 0 Å². The van der Waals surface area contributed by atoms with Crippen LogP contribution in [-0.4, -0.2) is 0 Å². The molecule has 0 heterocycles. The van der Waals surface area contributed by atoms with Gasteiger partial charge in [0.05, 0.1) is 11.4 Å². The minimum absolute atomic E-state index is 0.649. The molecule has 2 aromatic carbocycles. The van der Waals surface area contributed by atoms with Crippen molar-refractivity contribution in [3.05, 3.63) is 60.7 Å². The third-order valence-electron chi connectivity index (χ3n) is 2.83. The maximum Gasteiger partial charge on any atom is 0.0630 e. The van der Waals surface area contributed by atoms with E-state index in [-0.39, 0.29) is 0 Å². The molecule has 0 spiro atoms. The second-order valence-electron chi connectivity index (χ2n) is 3.96. The molecular formula is C15H16N2. The summed E-state index contributed by atoms with van der Waals surface area (Å²) in [5, 5.41) is 0. The summed E-state index contributed by atoms with van der Waals surface area (Å²) in [4.78, 5) is 0. The third kappa shape index (κ3) is 2.16. The molecule has 0 bridgehead atoms. The van der Waals surface area contributed by atoms with E-state index >= 15 is 0 Å². The Morgan fingerprint density at radius 1 is 0.941 bits per heavy atom. The molecule has 0 aliphatic heterocycles. The lowest BCUT2D eigenvalue weighted by atomic mass is 9.99. The van der Waals surface area contributed by atoms with Gasteiger partial charge in [-0.25, -0.2) is 0 Å². The molecule has 17 heavy (non-hydrogen) atoms. The Morgan fingerprint density at radius 3 is 2.29 bits per heavy atom. The van der Waals surface area contributed by atoms with Crippen LogP contribution in [0.2, 0.25) is 0 Å². The Hall–Kier alpha value is -2.22. The highest BCUT2D eigenvalue weighted by atomic mass is 14.7. The van der Waals surface area contributed by atoms with Gasteiger partial charge in [0.2, 0.25) is 0 Å². The number of hydrogen-bond donors (Lipinski definition) is 2. The van der Waals surface area contributed by atoms with Gasteiger partial charge < -0.3 is 11.5 Å². The lowest BCUT2D eigenvalue weighted by Crippen LogP contribution is -2.01. The number of anilines is 2. The van der Waals surface area contributed by atoms with E-state index in [9.17, 15) is 0 Å². The Bertz CT molecular complexity index is 530. The first kappa shape index (κ1) is 11.3. The van der Waals surface area contributed by atoms with Crippen molar-refractivity contribution in [1.82, 2.24) is 0 Å². The topological polar surface area (TPSA) is 52.0 Å². The number of nitrogen functional groups attached to an aromatic ring is 2. The quantitative estimate of drug-likeness (QED) is 0.621. The van der Waals surface area contributed by atoms with Gasteiger partial charge in [-0.2, -0.15) is 0 Å². The third-order valence-corrected chi connectivity index (χ3v) is 2.83. The van der Waals surface area contributed by atoms with Gasteiger partial charge in [0.1, 0.15) is 0 Å². The fourth-order valence-corrected chi connectivity index (χ4v) is 1.88. The van der Waals surface area contributed by atoms with Crippen molar-refractivity contribution in [2.24, 2.45) is 0 Å². The zero-order valence-corrected chi connectivity index (χ0v) is 9.69. The monoisotopic (exact) mass is 224 g/mol. The fourth-order valence-electron chi connectivity index (χ4n) is 1.88. The van der Waals surface area contributed by atoms with E-state index < -0.39 is 0 Å². The van der Waals surface area contributed by atoms with E-state index in [2.05, 4.69) is 6.58 Å². The molecule has 2 heteroatoms. The van der Waals surface area contributed by atoms with Crippen molar-refractivity contribution >= 4 is 11.4 Å². The van der Waals surface area contributed by atoms with Crippen molar-refractivity contribution in [2.45, 2.75) is 6.42 Å². The van der Waals surface area contributed by atoms with E-state index in [0.717, 1.165) is 23.1 Å². The number of nitrogens with two attached hydrogens (primary N) is 2. The number of hydrogen-bond acceptors (Lipinski definition) is 2. The minimum Gasteiger partial charge on any atom is -0.397 e. The highest BCUT2D eigenvalue weighted by Gasteiger charge is 2.08. The van der Waals surface area contributed by atoms with Crippen molar-refractivity contribution in [3.63, 3.8) is 0 Å². The van der Waals surface area contributed by atoms with Gasteiger partial charge >= 0.3 is 0 Å². The first-order valence-corrected chi connectivity index (χ1v) is 5.57. The van der Waals surface area contributed by atoms with Crippen LogP contribution in [0.1, 0.15) is 5.56 Å². The van der Waals surface area contributed by atoms with Gasteiger partial charge in [-0.05, 0) is 17.5 Å². The zero-order valence-electron chi connectivity index (χ0n) is 9.69. The van der Waals surface area contributed by atoms with E-state index in [4.69, 9.17) is 11.5 Å². The van der Waals surface area contributed by atoms with Gasteiger partial charge in [-0.3, -0.25) is 0 Å². The van der Waals surface area contributed by atoms with Gasteiger partial charge in [0, 0.05) is 5.56 Å². The molecule has 0 aliphatic rings. The summed E-state index contributed by atoms with van der Waals surface area (Å²) in [6.07, 6.45) is 2.57. The number of rotatable bonds is 3. The Morgan fingerprint density at radius 2 is 1.65 bits per heavy atom. The van der Waals surface area contributed by atoms with Crippen LogP contribution >= 0.6 is 0 Å². The van der Waals surface area contributed by atoms with Gasteiger partial charge in [-0.1, -0.05) is 48.5 Å². The van der Waals surface area contributed by atoms with Crippen LogP contribution in [0.15, 0.2) is 55.1 Å². The molecule has 0 radical (unpaired) electrons. The Balaban J connectivity index is 2.51. The molecule has 0 atom stereocenters. The number of benzene rings is 2. The first-order chi connectivity index (χ1) is 8.24.